The minimum absolute atomic E-state index is 0.152. The number of carbonyl (C=O) groups is 1. The Bertz CT molecular complexity index is 913. The molecule has 2 heterocycles. The summed E-state index contributed by atoms with van der Waals surface area (Å²) in [6, 6.07) is 12.6. The predicted octanol–water partition coefficient (Wildman–Crippen LogP) is 4.47. The molecule has 1 aromatic heterocycles. The van der Waals surface area contributed by atoms with Gasteiger partial charge in [0.1, 0.15) is 0 Å². The van der Waals surface area contributed by atoms with Gasteiger partial charge in [-0.25, -0.2) is 4.39 Å². The number of para-hydroxylation sites is 2. The third-order valence-electron chi connectivity index (χ3n) is 4.47. The van der Waals surface area contributed by atoms with Crippen molar-refractivity contribution in [1.29, 1.82) is 0 Å². The van der Waals surface area contributed by atoms with E-state index in [0.29, 0.717) is 17.5 Å². The van der Waals surface area contributed by atoms with E-state index >= 15 is 0 Å². The average molecular weight is 309 g/mol. The van der Waals surface area contributed by atoms with Crippen molar-refractivity contribution in [1.82, 2.24) is 0 Å². The molecule has 0 N–H and O–H groups in total. The van der Waals surface area contributed by atoms with Crippen molar-refractivity contribution in [3.63, 3.8) is 0 Å². The lowest BCUT2D eigenvalue weighted by atomic mass is 10.0. The van der Waals surface area contributed by atoms with E-state index in [-0.39, 0.29) is 17.3 Å². The molecule has 3 nitrogen and oxygen atoms in total. The quantitative estimate of drug-likeness (QED) is 0.664. The molecule has 0 saturated heterocycles. The Balaban J connectivity index is 1.82. The van der Waals surface area contributed by atoms with Crippen LogP contribution in [0.15, 0.2) is 46.9 Å². The number of fused-ring (bicyclic) bond motifs is 2. The summed E-state index contributed by atoms with van der Waals surface area (Å²) in [6.07, 6.45) is 1.88. The lowest BCUT2D eigenvalue weighted by molar-refractivity contribution is 0.0959. The summed E-state index contributed by atoms with van der Waals surface area (Å²) in [5.41, 5.74) is 2.92. The molecule has 3 aromatic rings. The average Bonchev–Trinajstić information content (AvgIpc) is 2.92. The minimum atomic E-state index is -0.441. The third kappa shape index (κ3) is 2.13. The summed E-state index contributed by atoms with van der Waals surface area (Å²) in [5.74, 6) is -0.421. The van der Waals surface area contributed by atoms with Crippen molar-refractivity contribution in [2.45, 2.75) is 19.8 Å². The summed E-state index contributed by atoms with van der Waals surface area (Å²) in [4.78, 5) is 14.7. The van der Waals surface area contributed by atoms with Gasteiger partial charge in [0.05, 0.1) is 0 Å². The van der Waals surface area contributed by atoms with Crippen LogP contribution in [0.5, 0.6) is 0 Å². The fraction of sp³-hybridized carbons (Fsp3) is 0.211. The van der Waals surface area contributed by atoms with Gasteiger partial charge < -0.3 is 9.32 Å². The smallest absolute Gasteiger partial charge is 0.294 e. The molecule has 4 heteroatoms. The number of hydrogen-bond acceptors (Lipinski definition) is 2. The number of amides is 1. The Morgan fingerprint density at radius 3 is 2.83 bits per heavy atom. The molecule has 4 rings (SSSR count). The van der Waals surface area contributed by atoms with Gasteiger partial charge in [0.2, 0.25) is 0 Å². The fourth-order valence-corrected chi connectivity index (χ4v) is 3.28. The highest BCUT2D eigenvalue weighted by molar-refractivity contribution is 6.08. The lowest BCUT2D eigenvalue weighted by Crippen LogP contribution is -2.35. The van der Waals surface area contributed by atoms with Crippen LogP contribution in [0.3, 0.4) is 0 Å². The number of furan rings is 1. The highest BCUT2D eigenvalue weighted by atomic mass is 19.1. The summed E-state index contributed by atoms with van der Waals surface area (Å²) < 4.78 is 19.5. The van der Waals surface area contributed by atoms with Gasteiger partial charge in [-0.1, -0.05) is 30.3 Å². The van der Waals surface area contributed by atoms with Gasteiger partial charge in [0, 0.05) is 23.2 Å². The summed E-state index contributed by atoms with van der Waals surface area (Å²) >= 11 is 0. The monoisotopic (exact) mass is 309 g/mol. The highest BCUT2D eigenvalue weighted by Gasteiger charge is 2.28. The molecule has 0 radical (unpaired) electrons. The first-order valence-electron chi connectivity index (χ1n) is 7.74. The van der Waals surface area contributed by atoms with E-state index in [1.807, 2.05) is 24.3 Å². The van der Waals surface area contributed by atoms with Gasteiger partial charge in [0.25, 0.3) is 5.91 Å². The van der Waals surface area contributed by atoms with Crippen LogP contribution in [0.1, 0.15) is 28.1 Å². The fourth-order valence-electron chi connectivity index (χ4n) is 3.28. The number of aryl methyl sites for hydroxylation is 2. The van der Waals surface area contributed by atoms with Gasteiger partial charge in [-0.2, -0.15) is 0 Å². The van der Waals surface area contributed by atoms with Gasteiger partial charge in [0.15, 0.2) is 17.2 Å². The van der Waals surface area contributed by atoms with Crippen molar-refractivity contribution < 1.29 is 13.6 Å². The Morgan fingerprint density at radius 2 is 2.00 bits per heavy atom. The van der Waals surface area contributed by atoms with Crippen LogP contribution in [0, 0.1) is 12.7 Å². The summed E-state index contributed by atoms with van der Waals surface area (Å²) in [7, 11) is 0. The van der Waals surface area contributed by atoms with E-state index in [1.54, 1.807) is 24.0 Å². The van der Waals surface area contributed by atoms with Crippen molar-refractivity contribution in [2.75, 3.05) is 11.4 Å². The maximum atomic E-state index is 13.9. The largest absolute Gasteiger partial charge is 0.448 e. The Kier molecular flexibility index (Phi) is 3.18. The van der Waals surface area contributed by atoms with Crippen LogP contribution in [0.25, 0.3) is 11.0 Å². The molecule has 0 bridgehead atoms. The number of hydrogen-bond donors (Lipinski definition) is 0. The van der Waals surface area contributed by atoms with Crippen molar-refractivity contribution in [3.8, 4) is 0 Å². The van der Waals surface area contributed by atoms with Crippen molar-refractivity contribution >= 4 is 22.6 Å². The van der Waals surface area contributed by atoms with Gasteiger partial charge in [-0.05, 0) is 37.5 Å². The molecule has 1 amide bonds. The standard InChI is InChI=1S/C19H16FNO2/c1-12-14-8-4-9-15(20)18(14)23-17(12)19(22)21-11-5-7-13-6-2-3-10-16(13)21/h2-4,6,8-10H,5,7,11H2,1H3. The summed E-state index contributed by atoms with van der Waals surface area (Å²) in [5, 5.41) is 0.652. The van der Waals surface area contributed by atoms with Crippen LogP contribution in [-0.2, 0) is 6.42 Å². The first-order chi connectivity index (χ1) is 11.2. The van der Waals surface area contributed by atoms with Crippen molar-refractivity contribution in [2.24, 2.45) is 0 Å². The van der Waals surface area contributed by atoms with E-state index in [9.17, 15) is 9.18 Å². The second-order valence-electron chi connectivity index (χ2n) is 5.86. The highest BCUT2D eigenvalue weighted by Crippen LogP contribution is 2.32. The Labute approximate surface area is 133 Å². The van der Waals surface area contributed by atoms with Crippen LogP contribution >= 0.6 is 0 Å². The van der Waals surface area contributed by atoms with E-state index < -0.39 is 5.82 Å². The molecule has 1 aliphatic rings. The van der Waals surface area contributed by atoms with Crippen LogP contribution in [-0.4, -0.2) is 12.5 Å². The summed E-state index contributed by atoms with van der Waals surface area (Å²) in [6.45, 7) is 2.45. The Hall–Kier alpha value is -2.62. The van der Waals surface area contributed by atoms with E-state index in [2.05, 4.69) is 0 Å². The number of benzene rings is 2. The van der Waals surface area contributed by atoms with E-state index in [1.165, 1.54) is 6.07 Å². The molecule has 0 spiro atoms. The Morgan fingerprint density at radius 1 is 1.17 bits per heavy atom. The number of rotatable bonds is 1. The first-order valence-corrected chi connectivity index (χ1v) is 7.74. The molecular weight excluding hydrogens is 293 g/mol. The molecular formula is C19H16FNO2. The van der Waals surface area contributed by atoms with Crippen molar-refractivity contribution in [3.05, 3.63) is 65.2 Å². The SMILES string of the molecule is Cc1c(C(=O)N2CCCc3ccccc32)oc2c(F)cccc12. The number of anilines is 1. The minimum Gasteiger partial charge on any atom is -0.448 e. The molecule has 0 saturated carbocycles. The normalized spacial score (nSPS) is 14.1. The van der Waals surface area contributed by atoms with Crippen LogP contribution in [0.2, 0.25) is 0 Å². The van der Waals surface area contributed by atoms with Gasteiger partial charge in [-0.3, -0.25) is 4.79 Å². The van der Waals surface area contributed by atoms with Gasteiger partial charge in [-0.15, -0.1) is 0 Å². The molecule has 0 aliphatic carbocycles. The molecule has 0 fully saturated rings. The molecule has 2 aromatic carbocycles. The number of nitrogens with zero attached hydrogens (tertiary/aromatic N) is 1. The maximum absolute atomic E-state index is 13.9. The zero-order chi connectivity index (χ0) is 16.0. The topological polar surface area (TPSA) is 33.5 Å². The van der Waals surface area contributed by atoms with E-state index in [4.69, 9.17) is 4.42 Å². The van der Waals surface area contributed by atoms with E-state index in [0.717, 1.165) is 24.1 Å². The zero-order valence-electron chi connectivity index (χ0n) is 12.8. The maximum Gasteiger partial charge on any atom is 0.294 e. The molecule has 1 aliphatic heterocycles. The van der Waals surface area contributed by atoms with Crippen LogP contribution in [0.4, 0.5) is 10.1 Å². The zero-order valence-corrected chi connectivity index (χ0v) is 12.8. The van der Waals surface area contributed by atoms with Crippen LogP contribution < -0.4 is 4.90 Å². The third-order valence-corrected chi connectivity index (χ3v) is 4.47. The number of carbonyl (C=O) groups excluding carboxylic acids is 1. The second-order valence-corrected chi connectivity index (χ2v) is 5.86. The lowest BCUT2D eigenvalue weighted by Gasteiger charge is -2.28. The molecule has 0 unspecified atom stereocenters. The second kappa shape index (κ2) is 5.23. The molecule has 23 heavy (non-hydrogen) atoms. The number of halogens is 1. The van der Waals surface area contributed by atoms with Gasteiger partial charge >= 0.3 is 0 Å². The predicted molar refractivity (Wildman–Crippen MR) is 87.3 cm³/mol. The molecule has 0 atom stereocenters. The first kappa shape index (κ1) is 14.0. The molecule has 116 valence electrons.